The van der Waals surface area contributed by atoms with Crippen LogP contribution in [-0.2, 0) is 9.53 Å². The molecule has 134 valence electrons. The minimum atomic E-state index is -0.891. The monoisotopic (exact) mass is 381 g/mol. The minimum absolute atomic E-state index is 0.00596. The molecule has 0 saturated carbocycles. The molecular weight excluding hydrogens is 370 g/mol. The van der Waals surface area contributed by atoms with E-state index in [1.165, 1.54) is 18.2 Å². The molecule has 2 aromatic rings. The number of carbonyl (C=O) groups excluding carboxylic acids is 4. The summed E-state index contributed by atoms with van der Waals surface area (Å²) in [7, 11) is 0. The van der Waals surface area contributed by atoms with Crippen LogP contribution in [0.5, 0.6) is 0 Å². The van der Waals surface area contributed by atoms with Crippen molar-refractivity contribution >= 4 is 35.0 Å². The molecule has 0 fully saturated rings. The Labute approximate surface area is 159 Å². The third-order valence-electron chi connectivity index (χ3n) is 3.97. The van der Waals surface area contributed by atoms with Gasteiger partial charge in [-0.1, -0.05) is 41.8 Å². The van der Waals surface area contributed by atoms with Crippen molar-refractivity contribution in [2.45, 2.75) is 0 Å². The van der Waals surface area contributed by atoms with E-state index in [4.69, 9.17) is 22.8 Å². The van der Waals surface area contributed by atoms with Crippen LogP contribution in [-0.4, -0.2) is 36.6 Å². The summed E-state index contributed by atoms with van der Waals surface area (Å²) < 4.78 is 4.89. The quantitative estimate of drug-likeness (QED) is 0.551. The summed E-state index contributed by atoms with van der Waals surface area (Å²) in [6.45, 7) is -0.546. The van der Waals surface area contributed by atoms with Gasteiger partial charge >= 0.3 is 5.97 Å². The van der Waals surface area contributed by atoms with Crippen LogP contribution in [0.3, 0.4) is 0 Å². The first kappa shape index (κ1) is 18.4. The van der Waals surface area contributed by atoms with E-state index in [0.717, 1.165) is 0 Å². The highest BCUT2D eigenvalue weighted by Crippen LogP contribution is 2.34. The Kier molecular flexibility index (Phi) is 5.06. The molecule has 0 atom stereocenters. The van der Waals surface area contributed by atoms with Crippen LogP contribution in [0.15, 0.2) is 36.4 Å². The van der Waals surface area contributed by atoms with Crippen LogP contribution < -0.4 is 5.32 Å². The van der Waals surface area contributed by atoms with Crippen molar-refractivity contribution in [2.24, 2.45) is 0 Å². The van der Waals surface area contributed by atoms with Crippen molar-refractivity contribution in [1.29, 1.82) is 0 Å². The smallest absolute Gasteiger partial charge is 0.340 e. The number of ketones is 2. The number of halogens is 1. The minimum Gasteiger partial charge on any atom is -0.452 e. The SMILES string of the molecule is C#CCNC(=O)COC(=O)c1ccc2c(c1Cl)C(=O)c1ccccc1C2=O. The van der Waals surface area contributed by atoms with E-state index in [9.17, 15) is 19.2 Å². The lowest BCUT2D eigenvalue weighted by molar-refractivity contribution is -0.123. The van der Waals surface area contributed by atoms with Gasteiger partial charge in [-0.05, 0) is 12.1 Å². The number of nitrogens with one attached hydrogen (secondary N) is 1. The first-order chi connectivity index (χ1) is 13.0. The maximum atomic E-state index is 12.8. The highest BCUT2D eigenvalue weighted by molar-refractivity contribution is 6.41. The van der Waals surface area contributed by atoms with E-state index in [2.05, 4.69) is 11.2 Å². The summed E-state index contributed by atoms with van der Waals surface area (Å²) in [6.07, 6.45) is 5.02. The van der Waals surface area contributed by atoms with E-state index in [0.29, 0.717) is 0 Å². The lowest BCUT2D eigenvalue weighted by atomic mass is 9.83. The number of amides is 1. The van der Waals surface area contributed by atoms with Crippen molar-refractivity contribution < 1.29 is 23.9 Å². The second-order valence-corrected chi connectivity index (χ2v) is 5.99. The zero-order valence-electron chi connectivity index (χ0n) is 13.9. The van der Waals surface area contributed by atoms with Crippen LogP contribution in [0.4, 0.5) is 0 Å². The molecule has 2 aromatic carbocycles. The van der Waals surface area contributed by atoms with Gasteiger partial charge in [0.15, 0.2) is 18.2 Å². The Balaban J connectivity index is 1.90. The van der Waals surface area contributed by atoms with Crippen LogP contribution in [0.2, 0.25) is 5.02 Å². The van der Waals surface area contributed by atoms with Crippen molar-refractivity contribution in [3.63, 3.8) is 0 Å². The molecule has 0 aliphatic heterocycles. The molecular formula is C20H12ClNO5. The maximum Gasteiger partial charge on any atom is 0.340 e. The highest BCUT2D eigenvalue weighted by atomic mass is 35.5. The zero-order chi connectivity index (χ0) is 19.6. The van der Waals surface area contributed by atoms with Gasteiger partial charge in [0.25, 0.3) is 5.91 Å². The lowest BCUT2D eigenvalue weighted by Crippen LogP contribution is -2.29. The third kappa shape index (κ3) is 3.33. The maximum absolute atomic E-state index is 12.8. The van der Waals surface area contributed by atoms with Gasteiger partial charge in [-0.2, -0.15) is 0 Å². The normalized spacial score (nSPS) is 11.9. The second kappa shape index (κ2) is 7.44. The van der Waals surface area contributed by atoms with Gasteiger partial charge in [-0.25, -0.2) is 4.79 Å². The Hall–Kier alpha value is -3.43. The number of hydrogen-bond donors (Lipinski definition) is 1. The molecule has 6 nitrogen and oxygen atoms in total. The van der Waals surface area contributed by atoms with Crippen molar-refractivity contribution in [3.8, 4) is 12.3 Å². The van der Waals surface area contributed by atoms with Gasteiger partial charge in [0.1, 0.15) is 0 Å². The summed E-state index contributed by atoms with van der Waals surface area (Å²) in [6, 6.07) is 9.02. The molecule has 0 bridgehead atoms. The van der Waals surface area contributed by atoms with Crippen LogP contribution in [0.25, 0.3) is 0 Å². The molecule has 0 aromatic heterocycles. The summed E-state index contributed by atoms with van der Waals surface area (Å²) in [5, 5.41) is 2.16. The van der Waals surface area contributed by atoms with Crippen LogP contribution in [0, 0.1) is 12.3 Å². The van der Waals surface area contributed by atoms with Crippen LogP contribution >= 0.6 is 11.6 Å². The van der Waals surface area contributed by atoms with E-state index in [-0.39, 0.29) is 45.2 Å². The molecule has 1 aliphatic carbocycles. The van der Waals surface area contributed by atoms with Crippen LogP contribution in [0.1, 0.15) is 42.2 Å². The average molecular weight is 382 g/mol. The van der Waals surface area contributed by atoms with E-state index in [1.54, 1.807) is 18.2 Å². The lowest BCUT2D eigenvalue weighted by Gasteiger charge is -2.19. The predicted octanol–water partition coefficient (Wildman–Crippen LogP) is 2.02. The first-order valence-electron chi connectivity index (χ1n) is 7.84. The zero-order valence-corrected chi connectivity index (χ0v) is 14.6. The fourth-order valence-corrected chi connectivity index (χ4v) is 3.04. The molecule has 1 aliphatic rings. The number of rotatable bonds is 4. The number of fused-ring (bicyclic) bond motifs is 2. The van der Waals surface area contributed by atoms with E-state index in [1.807, 2.05) is 0 Å². The number of carbonyl (C=O) groups is 4. The highest BCUT2D eigenvalue weighted by Gasteiger charge is 2.33. The molecule has 7 heteroatoms. The topological polar surface area (TPSA) is 89.5 Å². The van der Waals surface area contributed by atoms with Gasteiger partial charge in [0, 0.05) is 16.7 Å². The molecule has 1 N–H and O–H groups in total. The van der Waals surface area contributed by atoms with Gasteiger partial charge in [-0.15, -0.1) is 6.42 Å². The third-order valence-corrected chi connectivity index (χ3v) is 4.36. The van der Waals surface area contributed by atoms with E-state index < -0.39 is 24.3 Å². The molecule has 3 rings (SSSR count). The van der Waals surface area contributed by atoms with Gasteiger partial charge in [0.2, 0.25) is 0 Å². The Morgan fingerprint density at radius 2 is 1.70 bits per heavy atom. The fourth-order valence-electron chi connectivity index (χ4n) is 2.71. The number of terminal acetylenes is 1. The Morgan fingerprint density at radius 3 is 2.37 bits per heavy atom. The molecule has 0 saturated heterocycles. The fraction of sp³-hybridized carbons (Fsp3) is 0.100. The standard InChI is InChI=1S/C20H12ClNO5/c1-2-9-22-15(23)10-27-20(26)14-8-7-13-16(17(14)21)19(25)12-6-4-3-5-11(12)18(13)24/h1,3-8H,9-10H2,(H,22,23). The number of benzene rings is 2. The number of hydrogen-bond acceptors (Lipinski definition) is 5. The summed E-state index contributed by atoms with van der Waals surface area (Å²) >= 11 is 6.25. The predicted molar refractivity (Wildman–Crippen MR) is 96.9 cm³/mol. The van der Waals surface area contributed by atoms with Crippen molar-refractivity contribution in [2.75, 3.05) is 13.2 Å². The summed E-state index contributed by atoms with van der Waals surface area (Å²) in [5.74, 6) is -0.0526. The Bertz CT molecular complexity index is 1040. The molecule has 27 heavy (non-hydrogen) atoms. The van der Waals surface area contributed by atoms with Gasteiger partial charge < -0.3 is 10.1 Å². The molecule has 0 spiro atoms. The first-order valence-corrected chi connectivity index (χ1v) is 8.21. The number of ether oxygens (including phenoxy) is 1. The Morgan fingerprint density at radius 1 is 1.04 bits per heavy atom. The van der Waals surface area contributed by atoms with E-state index >= 15 is 0 Å². The number of esters is 1. The average Bonchev–Trinajstić information content (AvgIpc) is 2.68. The van der Waals surface area contributed by atoms with Crippen molar-refractivity contribution in [1.82, 2.24) is 5.32 Å². The molecule has 0 radical (unpaired) electrons. The van der Waals surface area contributed by atoms with Gasteiger partial charge in [-0.3, -0.25) is 14.4 Å². The second-order valence-electron chi connectivity index (χ2n) is 5.61. The van der Waals surface area contributed by atoms with Crippen molar-refractivity contribution in [3.05, 3.63) is 69.2 Å². The van der Waals surface area contributed by atoms with Gasteiger partial charge in [0.05, 0.1) is 22.7 Å². The molecule has 0 unspecified atom stereocenters. The molecule has 0 heterocycles. The largest absolute Gasteiger partial charge is 0.452 e. The summed E-state index contributed by atoms with van der Waals surface area (Å²) in [5.41, 5.74) is 0.460. The molecule has 1 amide bonds. The summed E-state index contributed by atoms with van der Waals surface area (Å²) in [4.78, 5) is 49.1.